The predicted octanol–water partition coefficient (Wildman–Crippen LogP) is 4.07. The molecule has 1 saturated heterocycles. The lowest BCUT2D eigenvalue weighted by Crippen LogP contribution is -2.50. The molecule has 0 unspecified atom stereocenters. The Hall–Kier alpha value is -3.82. The van der Waals surface area contributed by atoms with Gasteiger partial charge in [0.25, 0.3) is 5.91 Å². The number of pyridine rings is 1. The van der Waals surface area contributed by atoms with Gasteiger partial charge in [-0.25, -0.2) is 18.6 Å². The topological polar surface area (TPSA) is 130 Å². The van der Waals surface area contributed by atoms with Gasteiger partial charge in [-0.1, -0.05) is 0 Å². The first kappa shape index (κ1) is 32.1. The number of nitrogens with one attached hydrogen (secondary N) is 3. The number of methoxy groups -OCH3 is 1. The number of ether oxygens (including phenoxy) is 1. The molecule has 2 aromatic heterocycles. The molecule has 0 bridgehead atoms. The van der Waals surface area contributed by atoms with Crippen LogP contribution in [0.4, 0.5) is 32.6 Å². The van der Waals surface area contributed by atoms with Gasteiger partial charge in [0.05, 0.1) is 19.2 Å². The maximum absolute atomic E-state index is 13.9. The van der Waals surface area contributed by atoms with E-state index in [-0.39, 0.29) is 37.0 Å². The zero-order chi connectivity index (χ0) is 31.5. The number of alkyl halides is 5. The number of carbonyl (C=O) groups is 3. The Labute approximate surface area is 244 Å². The van der Waals surface area contributed by atoms with E-state index in [1.54, 1.807) is 0 Å². The molecule has 0 spiro atoms. The van der Waals surface area contributed by atoms with Crippen molar-refractivity contribution in [1.82, 2.24) is 30.3 Å². The highest BCUT2D eigenvalue weighted by atomic mass is 19.4. The van der Waals surface area contributed by atoms with E-state index in [0.717, 1.165) is 4.90 Å². The van der Waals surface area contributed by atoms with Crippen molar-refractivity contribution >= 4 is 23.7 Å². The molecule has 4 rings (SSSR count). The van der Waals surface area contributed by atoms with Crippen LogP contribution < -0.4 is 16.0 Å². The average Bonchev–Trinajstić information content (AvgIpc) is 3.58. The van der Waals surface area contributed by atoms with Crippen LogP contribution in [0.1, 0.15) is 67.7 Å². The Morgan fingerprint density at radius 1 is 1.19 bits per heavy atom. The van der Waals surface area contributed by atoms with E-state index in [2.05, 4.69) is 20.7 Å². The third kappa shape index (κ3) is 7.58. The number of carbonyl (C=O) groups excluding carboxylic acids is 3. The minimum absolute atomic E-state index is 0.0109. The van der Waals surface area contributed by atoms with Crippen LogP contribution in [-0.4, -0.2) is 82.0 Å². The minimum atomic E-state index is -4.64. The van der Waals surface area contributed by atoms with Crippen molar-refractivity contribution in [3.8, 4) is 0 Å². The van der Waals surface area contributed by atoms with E-state index < -0.39 is 73.4 Å². The molecular weight excluding hydrogens is 581 g/mol. The van der Waals surface area contributed by atoms with Crippen LogP contribution in [-0.2, 0) is 9.53 Å². The highest BCUT2D eigenvalue weighted by Crippen LogP contribution is 2.38. The summed E-state index contributed by atoms with van der Waals surface area (Å²) in [6.45, 7) is 2.85. The van der Waals surface area contributed by atoms with Crippen molar-refractivity contribution < 1.29 is 41.1 Å². The third-order valence-electron chi connectivity index (χ3n) is 7.65. The van der Waals surface area contributed by atoms with Crippen LogP contribution in [0.2, 0.25) is 0 Å². The van der Waals surface area contributed by atoms with Gasteiger partial charge < -0.3 is 25.6 Å². The number of nitrogens with zero attached hydrogens (tertiary/aromatic N) is 4. The Balaban J connectivity index is 1.56. The SMILES string of the molecule is COC[C@H](c1ccnc(NC(=O)[C@@H](NC(=O)c2ccnn2C(C)C)C2CCC(F)(F)CC2)c1)N1C[C@@H](C(F)(F)F)NC1=O. The quantitative estimate of drug-likeness (QED) is 0.346. The van der Waals surface area contributed by atoms with E-state index in [1.807, 2.05) is 19.2 Å². The van der Waals surface area contributed by atoms with E-state index in [1.165, 1.54) is 42.4 Å². The summed E-state index contributed by atoms with van der Waals surface area (Å²) in [6, 6.07) is -0.935. The lowest BCUT2D eigenvalue weighted by atomic mass is 9.81. The molecule has 3 heterocycles. The fraction of sp³-hybridized carbons (Fsp3) is 0.593. The van der Waals surface area contributed by atoms with Crippen molar-refractivity contribution in [1.29, 1.82) is 0 Å². The Bertz CT molecular complexity index is 1310. The molecule has 2 aromatic rings. The van der Waals surface area contributed by atoms with Crippen molar-refractivity contribution in [3.05, 3.63) is 41.9 Å². The van der Waals surface area contributed by atoms with E-state index in [9.17, 15) is 36.3 Å². The van der Waals surface area contributed by atoms with Crippen molar-refractivity contribution in [3.63, 3.8) is 0 Å². The van der Waals surface area contributed by atoms with Gasteiger partial charge in [0.15, 0.2) is 0 Å². The van der Waals surface area contributed by atoms with Gasteiger partial charge in [-0.3, -0.25) is 14.3 Å². The van der Waals surface area contributed by atoms with Crippen molar-refractivity contribution in [2.45, 2.75) is 75.8 Å². The number of hydrogen-bond donors (Lipinski definition) is 3. The lowest BCUT2D eigenvalue weighted by molar-refractivity contribution is -0.150. The standard InChI is InChI=1S/C27H34F5N7O4/c1-15(2)39-18(7-11-34-39)23(40)37-22(16-4-8-26(28,29)9-5-16)24(41)36-21-12-17(6-10-33-21)19(14-43-3)38-13-20(27(30,31)32)35-25(38)42/h6-7,10-12,15-16,19-20,22H,4-5,8-9,13-14H2,1-3H3,(H,35,42)(H,37,40)(H,33,36,41)/t19-,20+,22+/m1/s1. The molecule has 3 atom stereocenters. The van der Waals surface area contributed by atoms with Gasteiger partial charge in [0.1, 0.15) is 23.6 Å². The highest BCUT2D eigenvalue weighted by molar-refractivity contribution is 6.00. The number of amides is 4. The molecule has 4 amide bonds. The second-order valence-corrected chi connectivity index (χ2v) is 11.0. The molecule has 3 N–H and O–H groups in total. The van der Waals surface area contributed by atoms with Crippen LogP contribution >= 0.6 is 0 Å². The summed E-state index contributed by atoms with van der Waals surface area (Å²) < 4.78 is 74.3. The molecule has 2 aliphatic rings. The Morgan fingerprint density at radius 3 is 2.49 bits per heavy atom. The maximum atomic E-state index is 13.9. The summed E-state index contributed by atoms with van der Waals surface area (Å²) in [5.41, 5.74) is 0.529. The molecule has 0 aromatic carbocycles. The molecule has 43 heavy (non-hydrogen) atoms. The summed E-state index contributed by atoms with van der Waals surface area (Å²) in [4.78, 5) is 44.3. The number of aromatic nitrogens is 3. The van der Waals surface area contributed by atoms with Crippen LogP contribution in [0.3, 0.4) is 0 Å². The van der Waals surface area contributed by atoms with Gasteiger partial charge in [0.2, 0.25) is 11.8 Å². The van der Waals surface area contributed by atoms with Gasteiger partial charge in [-0.15, -0.1) is 0 Å². The van der Waals surface area contributed by atoms with Gasteiger partial charge >= 0.3 is 12.2 Å². The number of halogens is 5. The Morgan fingerprint density at radius 2 is 1.88 bits per heavy atom. The van der Waals surface area contributed by atoms with Crippen LogP contribution in [0, 0.1) is 5.92 Å². The van der Waals surface area contributed by atoms with Crippen LogP contribution in [0.25, 0.3) is 0 Å². The largest absolute Gasteiger partial charge is 0.410 e. The fourth-order valence-corrected chi connectivity index (χ4v) is 5.38. The molecule has 1 aliphatic carbocycles. The molecule has 16 heteroatoms. The molecule has 11 nitrogen and oxygen atoms in total. The predicted molar refractivity (Wildman–Crippen MR) is 143 cm³/mol. The molecular formula is C27H34F5N7O4. The number of anilines is 1. The van der Waals surface area contributed by atoms with E-state index in [0.29, 0.717) is 5.56 Å². The van der Waals surface area contributed by atoms with Crippen molar-refractivity contribution in [2.75, 3.05) is 25.6 Å². The zero-order valence-corrected chi connectivity index (χ0v) is 23.8. The first-order valence-corrected chi connectivity index (χ1v) is 13.8. The highest BCUT2D eigenvalue weighted by Gasteiger charge is 2.48. The molecule has 1 saturated carbocycles. The lowest BCUT2D eigenvalue weighted by Gasteiger charge is -2.33. The second-order valence-electron chi connectivity index (χ2n) is 11.0. The van der Waals surface area contributed by atoms with Crippen molar-refractivity contribution in [2.24, 2.45) is 5.92 Å². The zero-order valence-electron chi connectivity index (χ0n) is 23.8. The maximum Gasteiger partial charge on any atom is 0.410 e. The fourth-order valence-electron chi connectivity index (χ4n) is 5.38. The summed E-state index contributed by atoms with van der Waals surface area (Å²) >= 11 is 0. The third-order valence-corrected chi connectivity index (χ3v) is 7.65. The number of hydrogen-bond acceptors (Lipinski definition) is 6. The smallest absolute Gasteiger partial charge is 0.382 e. The molecule has 0 radical (unpaired) electrons. The summed E-state index contributed by atoms with van der Waals surface area (Å²) in [6.07, 6.45) is -2.80. The minimum Gasteiger partial charge on any atom is -0.382 e. The second kappa shape index (κ2) is 12.8. The van der Waals surface area contributed by atoms with E-state index >= 15 is 0 Å². The summed E-state index contributed by atoms with van der Waals surface area (Å²) in [5, 5.41) is 11.3. The van der Waals surface area contributed by atoms with Gasteiger partial charge in [0, 0.05) is 38.4 Å². The first-order chi connectivity index (χ1) is 20.2. The van der Waals surface area contributed by atoms with Gasteiger partial charge in [-0.05, 0) is 56.4 Å². The normalized spacial score (nSPS) is 20.5. The average molecular weight is 616 g/mol. The van der Waals surface area contributed by atoms with Crippen LogP contribution in [0.15, 0.2) is 30.6 Å². The van der Waals surface area contributed by atoms with Gasteiger partial charge in [-0.2, -0.15) is 18.3 Å². The first-order valence-electron chi connectivity index (χ1n) is 13.8. The monoisotopic (exact) mass is 615 g/mol. The number of rotatable bonds is 10. The summed E-state index contributed by atoms with van der Waals surface area (Å²) in [5.74, 6) is -4.79. The Kier molecular flexibility index (Phi) is 9.57. The summed E-state index contributed by atoms with van der Waals surface area (Å²) in [7, 11) is 1.33. The van der Waals surface area contributed by atoms with Crippen LogP contribution in [0.5, 0.6) is 0 Å². The molecule has 1 aliphatic heterocycles. The molecule has 236 valence electrons. The molecule has 2 fully saturated rings. The van der Waals surface area contributed by atoms with E-state index in [4.69, 9.17) is 4.74 Å². The number of urea groups is 1.